The molecule has 0 spiro atoms. The number of aliphatic hydroxyl groups excluding tert-OH is 1. The highest BCUT2D eigenvalue weighted by molar-refractivity contribution is 5.81. The molecule has 0 aliphatic carbocycles. The number of benzene rings is 2. The fourth-order valence-corrected chi connectivity index (χ4v) is 3.15. The van der Waals surface area contributed by atoms with Gasteiger partial charge in [0.1, 0.15) is 5.75 Å². The molecule has 2 unspecified atom stereocenters. The Morgan fingerprint density at radius 3 is 2.83 bits per heavy atom. The van der Waals surface area contributed by atoms with Gasteiger partial charge in [-0.2, -0.15) is 0 Å². The van der Waals surface area contributed by atoms with Crippen LogP contribution < -0.4 is 4.74 Å². The molecule has 0 saturated heterocycles. The Balaban J connectivity index is 1.76. The number of pyridine rings is 1. The van der Waals surface area contributed by atoms with Crippen molar-refractivity contribution in [2.45, 2.75) is 25.2 Å². The van der Waals surface area contributed by atoms with E-state index in [-0.39, 0.29) is 0 Å². The first-order valence-corrected chi connectivity index (χ1v) is 8.00. The molecule has 2 atom stereocenters. The smallest absolute Gasteiger partial charge is 0.210 e. The minimum absolute atomic E-state index is 0.394. The van der Waals surface area contributed by atoms with Crippen LogP contribution in [0.3, 0.4) is 0 Å². The molecule has 0 saturated carbocycles. The fraction of sp³-hybridized carbons (Fsp3) is 0.250. The zero-order chi connectivity index (χ0) is 16.7. The first-order valence-electron chi connectivity index (χ1n) is 8.00. The molecule has 1 aliphatic heterocycles. The summed E-state index contributed by atoms with van der Waals surface area (Å²) < 4.78 is 11.3. The van der Waals surface area contributed by atoms with Gasteiger partial charge in [-0.15, -0.1) is 0 Å². The molecule has 4 rings (SSSR count). The fourth-order valence-electron chi connectivity index (χ4n) is 3.15. The van der Waals surface area contributed by atoms with Gasteiger partial charge in [-0.3, -0.25) is 0 Å². The Morgan fingerprint density at radius 2 is 2.00 bits per heavy atom. The third-order valence-corrected chi connectivity index (χ3v) is 4.58. The van der Waals surface area contributed by atoms with Crippen LogP contribution in [0.2, 0.25) is 0 Å². The van der Waals surface area contributed by atoms with Gasteiger partial charge in [0.25, 0.3) is 0 Å². The Morgan fingerprint density at radius 1 is 1.17 bits per heavy atom. The van der Waals surface area contributed by atoms with E-state index >= 15 is 0 Å². The lowest BCUT2D eigenvalue weighted by Gasteiger charge is -2.36. The standard InChI is InChI=1S/C20H19NO3/c1-20(23-2)12-18(22)15-11-14(8-10-19(15)24-20)17-9-7-13-5-3-4-6-16(13)21-17/h3-11,18,22H,12H2,1-2H3. The molecule has 2 aromatic carbocycles. The van der Waals surface area contributed by atoms with Crippen LogP contribution in [0.4, 0.5) is 0 Å². The van der Waals surface area contributed by atoms with Crippen LogP contribution in [-0.4, -0.2) is 23.0 Å². The average molecular weight is 321 g/mol. The normalized spacial score (nSPS) is 22.9. The summed E-state index contributed by atoms with van der Waals surface area (Å²) in [5.41, 5.74) is 3.57. The summed E-state index contributed by atoms with van der Waals surface area (Å²) in [5.74, 6) is -0.141. The lowest BCUT2D eigenvalue weighted by atomic mass is 9.95. The van der Waals surface area contributed by atoms with Crippen molar-refractivity contribution in [2.24, 2.45) is 0 Å². The van der Waals surface area contributed by atoms with Crippen LogP contribution in [0.15, 0.2) is 54.6 Å². The highest BCUT2D eigenvalue weighted by Crippen LogP contribution is 2.41. The molecule has 1 aliphatic rings. The van der Waals surface area contributed by atoms with Crippen molar-refractivity contribution in [3.8, 4) is 17.0 Å². The summed E-state index contributed by atoms with van der Waals surface area (Å²) in [6, 6.07) is 17.9. The summed E-state index contributed by atoms with van der Waals surface area (Å²) in [6.07, 6.45) is -0.232. The van der Waals surface area contributed by atoms with Gasteiger partial charge in [0.2, 0.25) is 5.79 Å². The molecule has 2 heterocycles. The second-order valence-electron chi connectivity index (χ2n) is 6.30. The van der Waals surface area contributed by atoms with Crippen LogP contribution in [0, 0.1) is 0 Å². The van der Waals surface area contributed by atoms with Crippen LogP contribution in [0.1, 0.15) is 25.0 Å². The number of para-hydroxylation sites is 1. The number of hydrogen-bond acceptors (Lipinski definition) is 4. The Bertz CT molecular complexity index is 908. The number of methoxy groups -OCH3 is 1. The molecule has 4 nitrogen and oxygen atoms in total. The molecule has 0 bridgehead atoms. The van der Waals surface area contributed by atoms with Crippen molar-refractivity contribution in [3.05, 3.63) is 60.2 Å². The second-order valence-corrected chi connectivity index (χ2v) is 6.30. The maximum atomic E-state index is 10.5. The van der Waals surface area contributed by atoms with Gasteiger partial charge in [-0.25, -0.2) is 4.98 Å². The summed E-state index contributed by atoms with van der Waals surface area (Å²) in [4.78, 5) is 4.72. The zero-order valence-electron chi connectivity index (χ0n) is 13.7. The maximum absolute atomic E-state index is 10.5. The number of rotatable bonds is 2. The largest absolute Gasteiger partial charge is 0.462 e. The van der Waals surface area contributed by atoms with E-state index in [2.05, 4.69) is 6.07 Å². The molecular formula is C20H19NO3. The minimum atomic E-state index is -0.796. The molecule has 3 aromatic rings. The monoisotopic (exact) mass is 321 g/mol. The maximum Gasteiger partial charge on any atom is 0.210 e. The van der Waals surface area contributed by atoms with E-state index < -0.39 is 11.9 Å². The minimum Gasteiger partial charge on any atom is -0.462 e. The Hall–Kier alpha value is -2.43. The number of nitrogens with zero attached hydrogens (tertiary/aromatic N) is 1. The van der Waals surface area contributed by atoms with Crippen molar-refractivity contribution < 1.29 is 14.6 Å². The van der Waals surface area contributed by atoms with Crippen molar-refractivity contribution >= 4 is 10.9 Å². The van der Waals surface area contributed by atoms with Crippen LogP contribution >= 0.6 is 0 Å². The molecule has 4 heteroatoms. The van der Waals surface area contributed by atoms with Gasteiger partial charge in [-0.1, -0.05) is 24.3 Å². The zero-order valence-corrected chi connectivity index (χ0v) is 13.7. The molecule has 1 aromatic heterocycles. The molecule has 24 heavy (non-hydrogen) atoms. The van der Waals surface area contributed by atoms with Crippen molar-refractivity contribution in [1.82, 2.24) is 4.98 Å². The average Bonchev–Trinajstić information content (AvgIpc) is 2.61. The van der Waals surface area contributed by atoms with E-state index in [1.807, 2.05) is 55.5 Å². The number of ether oxygens (including phenoxy) is 2. The van der Waals surface area contributed by atoms with Gasteiger partial charge in [0, 0.05) is 37.0 Å². The number of aromatic nitrogens is 1. The lowest BCUT2D eigenvalue weighted by Crippen LogP contribution is -2.39. The van der Waals surface area contributed by atoms with E-state index in [0.717, 1.165) is 27.7 Å². The highest BCUT2D eigenvalue weighted by atomic mass is 16.7. The first-order chi connectivity index (χ1) is 11.6. The number of fused-ring (bicyclic) bond motifs is 2. The Kier molecular flexibility index (Phi) is 3.52. The third-order valence-electron chi connectivity index (χ3n) is 4.58. The molecule has 0 radical (unpaired) electrons. The third kappa shape index (κ3) is 2.54. The molecular weight excluding hydrogens is 302 g/mol. The summed E-state index contributed by atoms with van der Waals surface area (Å²) in [7, 11) is 1.59. The predicted octanol–water partition coefficient (Wildman–Crippen LogP) is 4.08. The number of aliphatic hydroxyl groups is 1. The van der Waals surface area contributed by atoms with Gasteiger partial charge >= 0.3 is 0 Å². The highest BCUT2D eigenvalue weighted by Gasteiger charge is 2.36. The lowest BCUT2D eigenvalue weighted by molar-refractivity contribution is -0.180. The SMILES string of the molecule is COC1(C)CC(O)c2cc(-c3ccc4ccccc4n3)ccc2O1. The van der Waals surface area contributed by atoms with Crippen LogP contribution in [-0.2, 0) is 4.74 Å². The first kappa shape index (κ1) is 15.1. The molecule has 1 N–H and O–H groups in total. The van der Waals surface area contributed by atoms with Gasteiger partial charge in [-0.05, 0) is 30.3 Å². The van der Waals surface area contributed by atoms with E-state index in [1.54, 1.807) is 7.11 Å². The quantitative estimate of drug-likeness (QED) is 0.773. The van der Waals surface area contributed by atoms with Gasteiger partial charge in [0.15, 0.2) is 0 Å². The van der Waals surface area contributed by atoms with Crippen LogP contribution in [0.25, 0.3) is 22.2 Å². The van der Waals surface area contributed by atoms with Crippen molar-refractivity contribution in [1.29, 1.82) is 0 Å². The topological polar surface area (TPSA) is 51.6 Å². The van der Waals surface area contributed by atoms with Gasteiger partial charge in [0.05, 0.1) is 17.3 Å². The summed E-state index contributed by atoms with van der Waals surface area (Å²) in [6.45, 7) is 1.83. The second kappa shape index (κ2) is 5.58. The molecule has 0 amide bonds. The Labute approximate surface area is 140 Å². The molecule has 0 fully saturated rings. The van der Waals surface area contributed by atoms with Gasteiger partial charge < -0.3 is 14.6 Å². The van der Waals surface area contributed by atoms with Crippen molar-refractivity contribution in [2.75, 3.05) is 7.11 Å². The van der Waals surface area contributed by atoms with E-state index in [4.69, 9.17) is 14.5 Å². The van der Waals surface area contributed by atoms with E-state index in [9.17, 15) is 5.11 Å². The van der Waals surface area contributed by atoms with E-state index in [0.29, 0.717) is 12.2 Å². The predicted molar refractivity (Wildman–Crippen MR) is 92.8 cm³/mol. The van der Waals surface area contributed by atoms with Crippen LogP contribution in [0.5, 0.6) is 5.75 Å². The van der Waals surface area contributed by atoms with Crippen molar-refractivity contribution in [3.63, 3.8) is 0 Å². The van der Waals surface area contributed by atoms with E-state index in [1.165, 1.54) is 0 Å². The summed E-state index contributed by atoms with van der Waals surface area (Å²) in [5, 5.41) is 11.6. The molecule has 122 valence electrons. The summed E-state index contributed by atoms with van der Waals surface area (Å²) >= 11 is 0. The number of hydrogen-bond donors (Lipinski definition) is 1.